The number of aliphatic imine (C=N–C) groups is 1. The van der Waals surface area contributed by atoms with E-state index in [9.17, 15) is 8.42 Å². The first-order valence-electron chi connectivity index (χ1n) is 9.68. The third kappa shape index (κ3) is 6.94. The number of halogens is 1. The van der Waals surface area contributed by atoms with Crippen molar-refractivity contribution in [2.45, 2.75) is 12.3 Å². The number of para-hydroxylation sites is 1. The molecule has 1 aromatic carbocycles. The number of guanidine groups is 1. The van der Waals surface area contributed by atoms with E-state index in [0.717, 1.165) is 17.3 Å². The van der Waals surface area contributed by atoms with Gasteiger partial charge in [0, 0.05) is 51.4 Å². The smallest absolute Gasteiger partial charge is 0.220 e. The van der Waals surface area contributed by atoms with E-state index in [-0.39, 0.29) is 29.7 Å². The molecule has 0 unspecified atom stereocenters. The average molecular weight is 561 g/mol. The first-order valence-corrected chi connectivity index (χ1v) is 11.3. The molecule has 0 amide bonds. The van der Waals surface area contributed by atoms with Crippen LogP contribution >= 0.6 is 24.0 Å². The Morgan fingerprint density at radius 2 is 2.03 bits per heavy atom. The van der Waals surface area contributed by atoms with Crippen molar-refractivity contribution in [1.82, 2.24) is 19.7 Å². The number of aromatic nitrogens is 1. The topological polar surface area (TPSA) is 100 Å². The predicted molar refractivity (Wildman–Crippen MR) is 130 cm³/mol. The van der Waals surface area contributed by atoms with Crippen molar-refractivity contribution < 1.29 is 17.7 Å². The molecule has 1 saturated heterocycles. The van der Waals surface area contributed by atoms with E-state index in [1.54, 1.807) is 19.2 Å². The van der Waals surface area contributed by atoms with E-state index in [2.05, 4.69) is 26.9 Å². The second kappa shape index (κ2) is 12.1. The number of rotatable bonds is 8. The van der Waals surface area contributed by atoms with E-state index in [4.69, 9.17) is 9.26 Å². The Hall–Kier alpha value is -2.12. The Morgan fingerprint density at radius 1 is 1.29 bits per heavy atom. The molecule has 1 N–H and O–H groups in total. The van der Waals surface area contributed by atoms with Gasteiger partial charge in [0.05, 0.1) is 5.69 Å². The highest BCUT2D eigenvalue weighted by Crippen LogP contribution is 2.18. The van der Waals surface area contributed by atoms with Crippen LogP contribution in [0.5, 0.6) is 5.75 Å². The number of hydrogen-bond acceptors (Lipinski definition) is 6. The zero-order valence-corrected chi connectivity index (χ0v) is 20.6. The summed E-state index contributed by atoms with van der Waals surface area (Å²) in [5, 5.41) is 7.04. The summed E-state index contributed by atoms with van der Waals surface area (Å²) in [5.41, 5.74) is 1.42. The number of sulfonamides is 1. The molecule has 0 aliphatic carbocycles. The zero-order valence-electron chi connectivity index (χ0n) is 17.4. The Bertz CT molecular complexity index is 958. The van der Waals surface area contributed by atoms with Gasteiger partial charge in [-0.1, -0.05) is 36.0 Å². The monoisotopic (exact) mass is 561 g/mol. The molecule has 1 fully saturated rings. The van der Waals surface area contributed by atoms with Crippen LogP contribution in [0.15, 0.2) is 58.8 Å². The summed E-state index contributed by atoms with van der Waals surface area (Å²) in [7, 11) is -1.71. The number of nitrogens with one attached hydrogen (secondary N) is 1. The molecule has 3 rings (SSSR count). The van der Waals surface area contributed by atoms with Crippen molar-refractivity contribution in [3.63, 3.8) is 0 Å². The maximum atomic E-state index is 12.6. The maximum absolute atomic E-state index is 12.6. The van der Waals surface area contributed by atoms with Crippen molar-refractivity contribution in [3.05, 3.63) is 60.5 Å². The lowest BCUT2D eigenvalue weighted by Gasteiger charge is -2.35. The van der Waals surface area contributed by atoms with Gasteiger partial charge in [0.25, 0.3) is 0 Å². The van der Waals surface area contributed by atoms with E-state index in [1.807, 2.05) is 24.3 Å². The number of nitrogens with zero attached hydrogens (tertiary/aromatic N) is 4. The molecule has 0 bridgehead atoms. The van der Waals surface area contributed by atoms with Crippen LogP contribution in [0.25, 0.3) is 0 Å². The Balaban J connectivity index is 0.00000341. The summed E-state index contributed by atoms with van der Waals surface area (Å²) >= 11 is 0. The average Bonchev–Trinajstić information content (AvgIpc) is 3.26. The van der Waals surface area contributed by atoms with E-state index >= 15 is 0 Å². The van der Waals surface area contributed by atoms with Crippen molar-refractivity contribution in [3.8, 4) is 5.75 Å². The number of benzene rings is 1. The second-order valence-corrected chi connectivity index (χ2v) is 8.71. The lowest BCUT2D eigenvalue weighted by Crippen LogP contribution is -2.53. The highest BCUT2D eigenvalue weighted by molar-refractivity contribution is 14.0. The van der Waals surface area contributed by atoms with Gasteiger partial charge in [-0.25, -0.2) is 8.42 Å². The van der Waals surface area contributed by atoms with Crippen LogP contribution in [0, 0.1) is 0 Å². The summed E-state index contributed by atoms with van der Waals surface area (Å²) in [6.45, 7) is 6.54. The molecule has 2 heterocycles. The second-order valence-electron chi connectivity index (χ2n) is 6.74. The van der Waals surface area contributed by atoms with Crippen molar-refractivity contribution in [2.75, 3.05) is 39.8 Å². The van der Waals surface area contributed by atoms with Crippen LogP contribution in [0.4, 0.5) is 0 Å². The van der Waals surface area contributed by atoms with Crippen LogP contribution in [0.2, 0.25) is 0 Å². The fraction of sp³-hybridized carbons (Fsp3) is 0.400. The van der Waals surface area contributed by atoms with Gasteiger partial charge < -0.3 is 19.5 Å². The molecule has 9 nitrogen and oxygen atoms in total. The van der Waals surface area contributed by atoms with Crippen LogP contribution in [-0.2, 0) is 22.3 Å². The number of piperazine rings is 1. The van der Waals surface area contributed by atoms with E-state index < -0.39 is 10.0 Å². The lowest BCUT2D eigenvalue weighted by atomic mass is 10.2. The van der Waals surface area contributed by atoms with Crippen LogP contribution in [0.3, 0.4) is 0 Å². The molecule has 31 heavy (non-hydrogen) atoms. The highest BCUT2D eigenvalue weighted by atomic mass is 127. The van der Waals surface area contributed by atoms with Crippen molar-refractivity contribution >= 4 is 40.0 Å². The summed E-state index contributed by atoms with van der Waals surface area (Å²) in [4.78, 5) is 6.40. The van der Waals surface area contributed by atoms with Gasteiger partial charge in [-0.15, -0.1) is 24.0 Å². The van der Waals surface area contributed by atoms with Gasteiger partial charge in [-0.2, -0.15) is 4.31 Å². The summed E-state index contributed by atoms with van der Waals surface area (Å²) in [5.74, 6) is 1.36. The molecule has 0 saturated carbocycles. The Morgan fingerprint density at radius 3 is 2.68 bits per heavy atom. The van der Waals surface area contributed by atoms with Crippen LogP contribution in [-0.4, -0.2) is 68.6 Å². The van der Waals surface area contributed by atoms with Gasteiger partial charge in [0.2, 0.25) is 10.0 Å². The SMILES string of the molecule is C=CCOc1ccccc1CNC(=NC)N1CCN(S(=O)(=O)Cc2ccon2)CC1.I. The largest absolute Gasteiger partial charge is 0.489 e. The van der Waals surface area contributed by atoms with Gasteiger partial charge in [-0.05, 0) is 6.07 Å². The van der Waals surface area contributed by atoms with Crippen LogP contribution < -0.4 is 10.1 Å². The zero-order chi connectivity index (χ0) is 21.4. The maximum Gasteiger partial charge on any atom is 0.220 e. The molecular weight excluding hydrogens is 533 g/mol. The highest BCUT2D eigenvalue weighted by Gasteiger charge is 2.29. The fourth-order valence-electron chi connectivity index (χ4n) is 3.21. The molecule has 170 valence electrons. The van der Waals surface area contributed by atoms with Crippen LogP contribution in [0.1, 0.15) is 11.3 Å². The normalized spacial score (nSPS) is 15.3. The standard InChI is InChI=1S/C20H27N5O4S.HI/c1-3-13-28-19-7-5-4-6-17(19)15-22-20(21-2)24-9-11-25(12-10-24)30(26,27)16-18-8-14-29-23-18;/h3-8,14H,1,9-13,15-16H2,2H3,(H,21,22);1H. The molecule has 0 radical (unpaired) electrons. The quantitative estimate of drug-likeness (QED) is 0.228. The first-order chi connectivity index (χ1) is 14.5. The molecular formula is C20H28IN5O4S. The molecule has 2 aromatic rings. The number of ether oxygens (including phenoxy) is 1. The van der Waals surface area contributed by atoms with Gasteiger partial charge in [0.1, 0.15) is 24.4 Å². The molecule has 0 spiro atoms. The molecule has 1 aliphatic heterocycles. The molecule has 0 atom stereocenters. The third-order valence-corrected chi connectivity index (χ3v) is 6.54. The van der Waals surface area contributed by atoms with E-state index in [1.165, 1.54) is 10.6 Å². The molecule has 1 aliphatic rings. The Kier molecular flexibility index (Phi) is 9.78. The van der Waals surface area contributed by atoms with E-state index in [0.29, 0.717) is 45.0 Å². The number of hydrogen-bond donors (Lipinski definition) is 1. The summed E-state index contributed by atoms with van der Waals surface area (Å²) in [6.07, 6.45) is 3.08. The lowest BCUT2D eigenvalue weighted by molar-refractivity contribution is 0.259. The minimum absolute atomic E-state index is 0. The van der Waals surface area contributed by atoms with Crippen molar-refractivity contribution in [1.29, 1.82) is 0 Å². The fourth-order valence-corrected chi connectivity index (χ4v) is 4.64. The van der Waals surface area contributed by atoms with Gasteiger partial charge in [0.15, 0.2) is 5.96 Å². The Labute approximate surface area is 200 Å². The minimum atomic E-state index is -3.43. The summed E-state index contributed by atoms with van der Waals surface area (Å²) in [6, 6.07) is 9.36. The molecule has 11 heteroatoms. The predicted octanol–water partition coefficient (Wildman–Crippen LogP) is 2.08. The summed E-state index contributed by atoms with van der Waals surface area (Å²) < 4.78 is 37.1. The minimum Gasteiger partial charge on any atom is -0.489 e. The molecule has 1 aromatic heterocycles. The third-order valence-electron chi connectivity index (χ3n) is 4.73. The van der Waals surface area contributed by atoms with Gasteiger partial charge >= 0.3 is 0 Å². The van der Waals surface area contributed by atoms with Gasteiger partial charge in [-0.3, -0.25) is 4.99 Å². The first kappa shape index (κ1) is 25.1. The van der Waals surface area contributed by atoms with Crippen molar-refractivity contribution in [2.24, 2.45) is 4.99 Å².